The number of rotatable bonds is 14. The summed E-state index contributed by atoms with van der Waals surface area (Å²) < 4.78 is 33.9. The fourth-order valence-corrected chi connectivity index (χ4v) is 3.77. The molecule has 0 bridgehead atoms. The number of unbranched alkanes of at least 4 members (excludes halogenated alkanes) is 5. The highest BCUT2D eigenvalue weighted by molar-refractivity contribution is 7.91. The van der Waals surface area contributed by atoms with E-state index in [1.54, 1.807) is 0 Å². The van der Waals surface area contributed by atoms with Crippen molar-refractivity contribution in [3.05, 3.63) is 0 Å². The van der Waals surface area contributed by atoms with Crippen LogP contribution in [0, 0.1) is 11.8 Å². The third kappa shape index (κ3) is 14.5. The molecule has 0 aromatic carbocycles. The van der Waals surface area contributed by atoms with Crippen molar-refractivity contribution in [1.29, 1.82) is 0 Å². The Morgan fingerprint density at radius 2 is 1.64 bits per heavy atom. The molecular weight excluding hydrogens is 380 g/mol. The number of esters is 2. The van der Waals surface area contributed by atoms with Gasteiger partial charge in [-0.05, 0) is 25.7 Å². The molecule has 7 heteroatoms. The van der Waals surface area contributed by atoms with Crippen molar-refractivity contribution < 1.29 is 27.5 Å². The lowest BCUT2D eigenvalue weighted by Crippen LogP contribution is -2.20. The van der Waals surface area contributed by atoms with E-state index >= 15 is 0 Å². The maximum absolute atomic E-state index is 12.0. The summed E-state index contributed by atoms with van der Waals surface area (Å²) in [4.78, 5) is 22.3. The summed E-state index contributed by atoms with van der Waals surface area (Å²) in [6.07, 6.45) is 8.89. The smallest absolute Gasteiger partial charge is 0.305 e. The fraction of sp³-hybridized carbons (Fsp3) is 0.810. The van der Waals surface area contributed by atoms with E-state index in [-0.39, 0.29) is 18.4 Å². The van der Waals surface area contributed by atoms with Crippen molar-refractivity contribution in [2.24, 2.45) is 0 Å². The molecule has 0 rings (SSSR count). The van der Waals surface area contributed by atoms with Crippen molar-refractivity contribution >= 4 is 21.8 Å². The van der Waals surface area contributed by atoms with E-state index in [0.29, 0.717) is 19.3 Å². The van der Waals surface area contributed by atoms with Gasteiger partial charge < -0.3 is 9.47 Å². The van der Waals surface area contributed by atoms with Gasteiger partial charge in [-0.15, -0.1) is 0 Å². The van der Waals surface area contributed by atoms with Gasteiger partial charge in [0.1, 0.15) is 0 Å². The molecule has 0 aromatic rings. The molecule has 0 spiro atoms. The lowest BCUT2D eigenvalue weighted by molar-refractivity contribution is -0.144. The summed E-state index contributed by atoms with van der Waals surface area (Å²) in [6, 6.07) is 0. The van der Waals surface area contributed by atoms with Gasteiger partial charge in [-0.2, -0.15) is 0 Å². The largest absolute Gasteiger partial charge is 0.469 e. The molecule has 0 aliphatic rings. The Balaban J connectivity index is 4.53. The molecule has 2 atom stereocenters. The second kappa shape index (κ2) is 15.4. The van der Waals surface area contributed by atoms with Crippen LogP contribution in [0.1, 0.15) is 84.5 Å². The zero-order valence-corrected chi connectivity index (χ0v) is 18.6. The summed E-state index contributed by atoms with van der Waals surface area (Å²) in [5, 5.41) is -0.519. The highest BCUT2D eigenvalue weighted by atomic mass is 32.2. The monoisotopic (exact) mass is 416 g/mol. The average molecular weight is 417 g/mol. The summed E-state index contributed by atoms with van der Waals surface area (Å²) in [6.45, 7) is 3.45. The molecule has 0 saturated carbocycles. The van der Waals surface area contributed by atoms with Gasteiger partial charge in [0.15, 0.2) is 15.9 Å². The predicted octanol–water partition coefficient (Wildman–Crippen LogP) is 3.82. The Morgan fingerprint density at radius 3 is 2.21 bits per heavy atom. The number of carbonyl (C=O) groups excluding carboxylic acids is 2. The van der Waals surface area contributed by atoms with E-state index in [1.807, 2.05) is 0 Å². The molecule has 0 fully saturated rings. The number of ether oxygens (including phenoxy) is 2. The van der Waals surface area contributed by atoms with Gasteiger partial charge in [0.25, 0.3) is 0 Å². The summed E-state index contributed by atoms with van der Waals surface area (Å²) in [5.74, 6) is 5.27. The third-order valence-corrected chi connectivity index (χ3v) is 6.07. The maximum atomic E-state index is 12.0. The van der Waals surface area contributed by atoms with Crippen LogP contribution in [0.5, 0.6) is 0 Å². The van der Waals surface area contributed by atoms with E-state index in [1.165, 1.54) is 20.3 Å². The van der Waals surface area contributed by atoms with E-state index < -0.39 is 21.2 Å². The van der Waals surface area contributed by atoms with Crippen molar-refractivity contribution in [3.8, 4) is 11.8 Å². The molecule has 2 unspecified atom stereocenters. The average Bonchev–Trinajstić information content (AvgIpc) is 2.61. The van der Waals surface area contributed by atoms with Crippen LogP contribution in [-0.4, -0.2) is 45.1 Å². The molecule has 0 amide bonds. The van der Waals surface area contributed by atoms with E-state index in [4.69, 9.17) is 4.74 Å². The Bertz CT molecular complexity index is 615. The number of carbonyl (C=O) groups is 2. The first-order valence-corrected chi connectivity index (χ1v) is 12.1. The van der Waals surface area contributed by atoms with E-state index in [9.17, 15) is 18.0 Å². The van der Waals surface area contributed by atoms with Crippen molar-refractivity contribution in [2.75, 3.05) is 13.4 Å². The van der Waals surface area contributed by atoms with Gasteiger partial charge in [0.2, 0.25) is 0 Å². The molecule has 162 valence electrons. The predicted molar refractivity (Wildman–Crippen MR) is 110 cm³/mol. The molecule has 6 nitrogen and oxygen atoms in total. The molecule has 0 saturated heterocycles. The quantitative estimate of drug-likeness (QED) is 0.243. The Hall–Kier alpha value is -1.55. The molecule has 28 heavy (non-hydrogen) atoms. The van der Waals surface area contributed by atoms with Gasteiger partial charge in [0.05, 0.1) is 12.4 Å². The summed E-state index contributed by atoms with van der Waals surface area (Å²) in [5.41, 5.74) is 0. The van der Waals surface area contributed by atoms with Crippen LogP contribution >= 0.6 is 0 Å². The zero-order chi connectivity index (χ0) is 21.4. The van der Waals surface area contributed by atoms with Crippen LogP contribution in [0.25, 0.3) is 0 Å². The van der Waals surface area contributed by atoms with Gasteiger partial charge in [0, 0.05) is 26.0 Å². The van der Waals surface area contributed by atoms with Crippen molar-refractivity contribution in [3.63, 3.8) is 0 Å². The molecule has 0 heterocycles. The summed E-state index contributed by atoms with van der Waals surface area (Å²) in [7, 11) is -1.83. The zero-order valence-electron chi connectivity index (χ0n) is 17.8. The van der Waals surface area contributed by atoms with Crippen LogP contribution in [0.15, 0.2) is 0 Å². The van der Waals surface area contributed by atoms with Crippen LogP contribution in [-0.2, 0) is 28.9 Å². The second-order valence-electron chi connectivity index (χ2n) is 7.10. The lowest BCUT2D eigenvalue weighted by Gasteiger charge is -2.13. The number of hydrogen-bond donors (Lipinski definition) is 0. The minimum absolute atomic E-state index is 0.217. The van der Waals surface area contributed by atoms with Crippen LogP contribution in [0.3, 0.4) is 0 Å². The fourth-order valence-electron chi connectivity index (χ4n) is 2.79. The van der Waals surface area contributed by atoms with E-state index in [2.05, 4.69) is 23.5 Å². The number of sulfone groups is 1. The Labute approximate surface area is 170 Å². The maximum Gasteiger partial charge on any atom is 0.305 e. The molecule has 0 radical (unpaired) electrons. The van der Waals surface area contributed by atoms with Gasteiger partial charge in [-0.25, -0.2) is 8.42 Å². The highest BCUT2D eigenvalue weighted by Gasteiger charge is 2.19. The van der Waals surface area contributed by atoms with Crippen molar-refractivity contribution in [2.45, 2.75) is 95.8 Å². The van der Waals surface area contributed by atoms with E-state index in [0.717, 1.165) is 44.9 Å². The standard InChI is InChI=1S/C21H36O6S/c1-5-6-9-13-19(27-18(2)22)14-12-16-20(28(4,24)25)15-10-7-8-11-17-21(23)26-3/h19-20H,5-11,13,15-17H2,1-4H3. The molecule has 0 N–H and O–H groups in total. The Morgan fingerprint density at radius 1 is 1.00 bits per heavy atom. The van der Waals surface area contributed by atoms with Crippen LogP contribution in [0.2, 0.25) is 0 Å². The number of methoxy groups -OCH3 is 1. The van der Waals surface area contributed by atoms with Gasteiger partial charge in [-0.3, -0.25) is 9.59 Å². The normalized spacial score (nSPS) is 13.1. The molecule has 0 aromatic heterocycles. The second-order valence-corrected chi connectivity index (χ2v) is 9.43. The third-order valence-electron chi connectivity index (χ3n) is 4.46. The van der Waals surface area contributed by atoms with Crippen LogP contribution in [0.4, 0.5) is 0 Å². The van der Waals surface area contributed by atoms with Gasteiger partial charge in [-0.1, -0.05) is 50.9 Å². The minimum Gasteiger partial charge on any atom is -0.469 e. The van der Waals surface area contributed by atoms with Crippen molar-refractivity contribution in [1.82, 2.24) is 0 Å². The van der Waals surface area contributed by atoms with Crippen LogP contribution < -0.4 is 0 Å². The Kier molecular flexibility index (Phi) is 14.5. The minimum atomic E-state index is -3.20. The first kappa shape index (κ1) is 26.4. The topological polar surface area (TPSA) is 86.7 Å². The molecular formula is C21H36O6S. The SMILES string of the molecule is CCCCCC(C#CCC(CCCCCCC(=O)OC)S(C)(=O)=O)OC(C)=O. The molecule has 0 aliphatic heterocycles. The first-order valence-electron chi connectivity index (χ1n) is 10.1. The summed E-state index contributed by atoms with van der Waals surface area (Å²) >= 11 is 0. The van der Waals surface area contributed by atoms with Gasteiger partial charge >= 0.3 is 11.9 Å². The number of hydrogen-bond acceptors (Lipinski definition) is 6. The first-order chi connectivity index (χ1) is 13.2. The molecule has 0 aliphatic carbocycles. The lowest BCUT2D eigenvalue weighted by atomic mass is 10.1. The highest BCUT2D eigenvalue weighted by Crippen LogP contribution is 2.15.